The van der Waals surface area contributed by atoms with Gasteiger partial charge in [-0.05, 0) is 0 Å². The average molecular weight is 315 g/mol. The molecule has 0 aromatic carbocycles. The second-order valence-electron chi connectivity index (χ2n) is 3.00. The first-order valence-corrected chi connectivity index (χ1v) is 3.00. The van der Waals surface area contributed by atoms with Gasteiger partial charge in [0.05, 0.1) is 0 Å². The monoisotopic (exact) mass is 312 g/mol. The smallest absolute Gasteiger partial charge is 0.323 e. The molecule has 4 heteroatoms. The quantitative estimate of drug-likeness (QED) is 0.577. The Bertz CT molecular complexity index is 29.8. The van der Waals surface area contributed by atoms with E-state index >= 15 is 0 Å². The van der Waals surface area contributed by atoms with Crippen LogP contribution in [0.3, 0.4) is 0 Å². The van der Waals surface area contributed by atoms with E-state index in [1.165, 1.54) is 11.8 Å². The molecule has 0 rings (SSSR count). The van der Waals surface area contributed by atoms with Crippen LogP contribution in [-0.2, 0) is 26.2 Å². The van der Waals surface area contributed by atoms with Crippen LogP contribution in [-0.4, -0.2) is 0 Å². The minimum atomic E-state index is 0. The SMILES string of the molecule is C[C-](C)C.C[C-](C)C.Cl.Cl.Cl.[Zr+2]. The van der Waals surface area contributed by atoms with Crippen LogP contribution in [0, 0.1) is 11.8 Å². The Morgan fingerprint density at radius 3 is 0.500 bits per heavy atom. The van der Waals surface area contributed by atoms with Crippen molar-refractivity contribution < 1.29 is 26.2 Å². The standard InChI is InChI=1S/2C4H9.3ClH.Zr/c2*1-4(2)3;;;;/h2*1-3H3;3*1H;/q2*-1;;;;+2. The Labute approximate surface area is 116 Å². The van der Waals surface area contributed by atoms with Crippen LogP contribution in [0.5, 0.6) is 0 Å². The van der Waals surface area contributed by atoms with Crippen LogP contribution in [0.2, 0.25) is 0 Å². The molecule has 0 saturated heterocycles. The molecule has 0 amide bonds. The minimum absolute atomic E-state index is 0. The number of halogens is 3. The molecule has 12 heavy (non-hydrogen) atoms. The van der Waals surface area contributed by atoms with E-state index in [4.69, 9.17) is 0 Å². The van der Waals surface area contributed by atoms with E-state index in [9.17, 15) is 0 Å². The van der Waals surface area contributed by atoms with Crippen molar-refractivity contribution >= 4 is 37.2 Å². The van der Waals surface area contributed by atoms with Crippen molar-refractivity contribution in [3.63, 3.8) is 0 Å². The summed E-state index contributed by atoms with van der Waals surface area (Å²) in [5.41, 5.74) is 0. The van der Waals surface area contributed by atoms with Crippen molar-refractivity contribution in [2.75, 3.05) is 0 Å². The molecule has 0 saturated carbocycles. The summed E-state index contributed by atoms with van der Waals surface area (Å²) in [5.74, 6) is 2.83. The predicted octanol–water partition coefficient (Wildman–Crippen LogP) is 4.50. The molecule has 0 N–H and O–H groups in total. The predicted molar refractivity (Wildman–Crippen MR) is 62.3 cm³/mol. The third-order valence-corrected chi connectivity index (χ3v) is 0. The van der Waals surface area contributed by atoms with Crippen LogP contribution in [0.1, 0.15) is 41.5 Å². The number of hydrogen-bond acceptors (Lipinski definition) is 0. The molecule has 0 aromatic heterocycles. The summed E-state index contributed by atoms with van der Waals surface area (Å²) in [4.78, 5) is 0. The van der Waals surface area contributed by atoms with Crippen LogP contribution in [0.25, 0.3) is 0 Å². The molecule has 0 unspecified atom stereocenters. The molecule has 0 spiro atoms. The summed E-state index contributed by atoms with van der Waals surface area (Å²) >= 11 is 0. The van der Waals surface area contributed by atoms with Gasteiger partial charge in [-0.25, -0.2) is 0 Å². The van der Waals surface area contributed by atoms with Gasteiger partial charge in [-0.2, -0.15) is 41.5 Å². The zero-order valence-corrected chi connectivity index (χ0v) is 13.6. The van der Waals surface area contributed by atoms with Gasteiger partial charge >= 0.3 is 26.2 Å². The van der Waals surface area contributed by atoms with Gasteiger partial charge in [-0.15, -0.1) is 37.2 Å². The molecular weight excluding hydrogens is 294 g/mol. The van der Waals surface area contributed by atoms with Gasteiger partial charge in [0.1, 0.15) is 0 Å². The van der Waals surface area contributed by atoms with Crippen molar-refractivity contribution in [3.8, 4) is 0 Å². The van der Waals surface area contributed by atoms with Crippen molar-refractivity contribution in [3.05, 3.63) is 11.8 Å². The summed E-state index contributed by atoms with van der Waals surface area (Å²) in [5, 5.41) is 0. The van der Waals surface area contributed by atoms with Crippen molar-refractivity contribution in [2.24, 2.45) is 0 Å². The maximum Gasteiger partial charge on any atom is 2.00 e. The van der Waals surface area contributed by atoms with E-state index in [0.717, 1.165) is 0 Å². The molecule has 0 nitrogen and oxygen atoms in total. The molecule has 0 atom stereocenters. The first-order chi connectivity index (χ1) is 3.46. The third kappa shape index (κ3) is 442. The Hall–Kier alpha value is 1.75. The summed E-state index contributed by atoms with van der Waals surface area (Å²) in [6.45, 7) is 12.5. The molecule has 0 aliphatic heterocycles. The normalized spacial score (nSPS) is 6.00. The second kappa shape index (κ2) is 29.3. The third-order valence-electron chi connectivity index (χ3n) is 0. The molecule has 0 fully saturated rings. The zero-order valence-electron chi connectivity index (χ0n) is 8.72. The van der Waals surface area contributed by atoms with E-state index in [-0.39, 0.29) is 63.4 Å². The largest absolute Gasteiger partial charge is 2.00 e. The van der Waals surface area contributed by atoms with Gasteiger partial charge in [0.15, 0.2) is 0 Å². The molecule has 0 bridgehead atoms. The van der Waals surface area contributed by atoms with Gasteiger partial charge in [0.25, 0.3) is 0 Å². The van der Waals surface area contributed by atoms with E-state index in [1.807, 2.05) is 0 Å². The van der Waals surface area contributed by atoms with Gasteiger partial charge in [-0.3, -0.25) is 0 Å². The molecule has 0 aromatic rings. The van der Waals surface area contributed by atoms with Crippen molar-refractivity contribution in [1.29, 1.82) is 0 Å². The first-order valence-electron chi connectivity index (χ1n) is 3.00. The fraction of sp³-hybridized carbons (Fsp3) is 0.750. The van der Waals surface area contributed by atoms with E-state index in [1.54, 1.807) is 0 Å². The van der Waals surface area contributed by atoms with Gasteiger partial charge in [-0.1, -0.05) is 0 Å². The van der Waals surface area contributed by atoms with Crippen LogP contribution >= 0.6 is 37.2 Å². The topological polar surface area (TPSA) is 0 Å². The van der Waals surface area contributed by atoms with Crippen LogP contribution < -0.4 is 0 Å². The van der Waals surface area contributed by atoms with Crippen molar-refractivity contribution in [1.82, 2.24) is 0 Å². The maximum atomic E-state index is 2.08. The van der Waals surface area contributed by atoms with Crippen LogP contribution in [0.4, 0.5) is 0 Å². The van der Waals surface area contributed by atoms with E-state index in [0.29, 0.717) is 0 Å². The Kier molecular flexibility index (Phi) is 90.9. The molecular formula is C8H21Cl3Zr. The Morgan fingerprint density at radius 2 is 0.500 bits per heavy atom. The fourth-order valence-electron chi connectivity index (χ4n) is 0. The summed E-state index contributed by atoms with van der Waals surface area (Å²) < 4.78 is 0. The zero-order chi connectivity index (χ0) is 7.15. The van der Waals surface area contributed by atoms with Crippen LogP contribution in [0.15, 0.2) is 0 Å². The molecule has 0 radical (unpaired) electrons. The Balaban J connectivity index is -0.0000000112. The number of rotatable bonds is 0. The second-order valence-corrected chi connectivity index (χ2v) is 3.00. The summed E-state index contributed by atoms with van der Waals surface area (Å²) in [6, 6.07) is 0. The van der Waals surface area contributed by atoms with E-state index in [2.05, 4.69) is 41.5 Å². The Morgan fingerprint density at radius 1 is 0.500 bits per heavy atom. The molecule has 0 aliphatic rings. The first kappa shape index (κ1) is 37.2. The van der Waals surface area contributed by atoms with Gasteiger partial charge in [0.2, 0.25) is 0 Å². The number of hydrogen-bond donors (Lipinski definition) is 0. The summed E-state index contributed by atoms with van der Waals surface area (Å²) in [6.07, 6.45) is 0. The minimum Gasteiger partial charge on any atom is -0.323 e. The van der Waals surface area contributed by atoms with Gasteiger partial charge in [0, 0.05) is 0 Å². The van der Waals surface area contributed by atoms with Gasteiger partial charge < -0.3 is 11.8 Å². The summed E-state index contributed by atoms with van der Waals surface area (Å²) in [7, 11) is 0. The van der Waals surface area contributed by atoms with E-state index < -0.39 is 0 Å². The fourth-order valence-corrected chi connectivity index (χ4v) is 0. The molecule has 0 heterocycles. The average Bonchev–Trinajstić information content (AvgIpc) is 1.25. The molecule has 78 valence electrons. The molecule has 0 aliphatic carbocycles. The maximum absolute atomic E-state index is 2.08. The van der Waals surface area contributed by atoms with Crippen molar-refractivity contribution in [2.45, 2.75) is 41.5 Å².